The van der Waals surface area contributed by atoms with Crippen molar-refractivity contribution < 1.29 is 53.4 Å². The summed E-state index contributed by atoms with van der Waals surface area (Å²) in [5, 5.41) is 20.2. The van der Waals surface area contributed by atoms with Crippen molar-refractivity contribution in [3.05, 3.63) is 30.1 Å². The summed E-state index contributed by atoms with van der Waals surface area (Å²) in [5.41, 5.74) is -4.48. The summed E-state index contributed by atoms with van der Waals surface area (Å²) in [6, 6.07) is 6.15. The number of rotatable bonds is 2. The van der Waals surface area contributed by atoms with Crippen LogP contribution in [-0.4, -0.2) is 109 Å². The molecule has 1 saturated heterocycles. The van der Waals surface area contributed by atoms with E-state index < -0.39 is 27.8 Å². The molecule has 1 aliphatic carbocycles. The van der Waals surface area contributed by atoms with Crippen LogP contribution >= 0.6 is 0 Å². The normalized spacial score (nSPS) is 23.2. The van der Waals surface area contributed by atoms with Gasteiger partial charge in [-0.25, -0.2) is 8.42 Å². The number of aromatic nitrogens is 1. The Morgan fingerprint density at radius 2 is 1.46 bits per heavy atom. The average Bonchev–Trinajstić information content (AvgIpc) is 2.87. The molecule has 2 atom stereocenters. The van der Waals surface area contributed by atoms with Gasteiger partial charge in [-0.3, -0.25) is 9.88 Å². The van der Waals surface area contributed by atoms with Crippen LogP contribution in [-0.2, 0) is 33.7 Å². The van der Waals surface area contributed by atoms with E-state index in [1.807, 2.05) is 12.3 Å². The smallest absolute Gasteiger partial charge is 0.850 e. The molecule has 1 N–H and O–H groups in total. The van der Waals surface area contributed by atoms with Crippen molar-refractivity contribution in [2.45, 2.75) is 62.8 Å². The number of likely N-dealkylation sites (N-methyl/N-ethyl adjacent to an activating group) is 2. The molecule has 1 saturated carbocycles. The molecule has 0 amide bonds. The van der Waals surface area contributed by atoms with Crippen molar-refractivity contribution in [1.29, 1.82) is 0 Å². The van der Waals surface area contributed by atoms with E-state index in [0.29, 0.717) is 12.8 Å². The minimum absolute atomic E-state index is 0. The maximum absolute atomic E-state index is 11.0. The molecule has 2 fully saturated rings. The molecule has 3 rings (SSSR count). The Kier molecular flexibility index (Phi) is 18.0. The van der Waals surface area contributed by atoms with Gasteiger partial charge in [-0.1, -0.05) is 44.3 Å². The van der Waals surface area contributed by atoms with E-state index in [2.05, 4.69) is 45.9 Å². The van der Waals surface area contributed by atoms with Crippen molar-refractivity contribution in [3.63, 3.8) is 0 Å². The van der Waals surface area contributed by atoms with Crippen LogP contribution < -0.4 is 5.11 Å². The first-order valence-corrected chi connectivity index (χ1v) is 13.6. The number of aliphatic hydroxyl groups is 1. The summed E-state index contributed by atoms with van der Waals surface area (Å²) < 4.78 is 58.9. The first-order chi connectivity index (χ1) is 16.8. The number of nitrogens with zero attached hydrogens (tertiary/aromatic N) is 4. The van der Waals surface area contributed by atoms with Gasteiger partial charge in [-0.15, -0.1) is 0 Å². The van der Waals surface area contributed by atoms with Crippen LogP contribution in [0.25, 0.3) is 0 Å². The monoisotopic (exact) mass is 596 g/mol. The Balaban J connectivity index is 0.000000580. The first-order valence-electron chi connectivity index (χ1n) is 12.1. The molecule has 215 valence electrons. The van der Waals surface area contributed by atoms with Crippen LogP contribution in [0, 0.1) is 0 Å². The van der Waals surface area contributed by atoms with Gasteiger partial charge in [0.05, 0.1) is 5.69 Å². The van der Waals surface area contributed by atoms with E-state index in [1.54, 1.807) is 0 Å². The second kappa shape index (κ2) is 18.5. The van der Waals surface area contributed by atoms with Crippen LogP contribution in [0.2, 0.25) is 0 Å². The maximum Gasteiger partial charge on any atom is 3.00 e. The second-order valence-electron chi connectivity index (χ2n) is 9.20. The zero-order chi connectivity index (χ0) is 27.2. The number of aliphatic hydroxyl groups excluding tert-OH is 1. The average molecular weight is 596 g/mol. The molecule has 2 unspecified atom stereocenters. The van der Waals surface area contributed by atoms with Crippen molar-refractivity contribution in [2.24, 2.45) is 0 Å². The fourth-order valence-electron chi connectivity index (χ4n) is 3.61. The number of halogens is 3. The topological polar surface area (TPSA) is 123 Å². The molecule has 1 aromatic rings. The van der Waals surface area contributed by atoms with Crippen molar-refractivity contribution in [3.8, 4) is 0 Å². The first kappa shape index (κ1) is 36.2. The minimum atomic E-state index is -6.09. The van der Waals surface area contributed by atoms with E-state index in [1.165, 1.54) is 18.5 Å². The molecule has 1 radical (unpaired) electrons. The van der Waals surface area contributed by atoms with Gasteiger partial charge in [0.15, 0.2) is 10.1 Å². The van der Waals surface area contributed by atoms with Gasteiger partial charge in [0.1, 0.15) is 0 Å². The fraction of sp³-hybridized carbons (Fsp3) is 0.783. The molecule has 9 nitrogen and oxygen atoms in total. The molecule has 0 bridgehead atoms. The van der Waals surface area contributed by atoms with Crippen LogP contribution in [0.3, 0.4) is 0 Å². The van der Waals surface area contributed by atoms with E-state index in [-0.39, 0.29) is 17.1 Å². The zero-order valence-corrected chi connectivity index (χ0v) is 23.3. The maximum atomic E-state index is 11.0. The SMILES string of the molecule is CN1CCN(C)CCN(Cc2ccccn2)CC1.O=S(=O)([O-])C(F)(F)F.[Fe+3].[O-]C1CCCCCCC1O. The van der Waals surface area contributed by atoms with E-state index >= 15 is 0 Å². The molecule has 1 aromatic heterocycles. The minimum Gasteiger partial charge on any atom is -0.850 e. The van der Waals surface area contributed by atoms with E-state index in [0.717, 1.165) is 58.7 Å². The Morgan fingerprint density at radius 3 is 1.92 bits per heavy atom. The summed E-state index contributed by atoms with van der Waals surface area (Å²) in [7, 11) is -1.68. The quantitative estimate of drug-likeness (QED) is 0.305. The van der Waals surface area contributed by atoms with Crippen LogP contribution in [0.4, 0.5) is 13.2 Å². The van der Waals surface area contributed by atoms with E-state index in [4.69, 9.17) is 13.0 Å². The fourth-order valence-corrected chi connectivity index (χ4v) is 3.61. The zero-order valence-electron chi connectivity index (χ0n) is 21.4. The Hall–Kier alpha value is -0.831. The molecule has 0 aromatic carbocycles. The van der Waals surface area contributed by atoms with Crippen molar-refractivity contribution in [1.82, 2.24) is 19.7 Å². The molecule has 1 aliphatic heterocycles. The van der Waals surface area contributed by atoms with Crippen molar-refractivity contribution >= 4 is 10.1 Å². The summed E-state index contributed by atoms with van der Waals surface area (Å²) in [6.07, 6.45) is 6.38. The van der Waals surface area contributed by atoms with Crippen LogP contribution in [0.1, 0.15) is 44.2 Å². The van der Waals surface area contributed by atoms with Gasteiger partial charge in [0.2, 0.25) is 0 Å². The third-order valence-corrected chi connectivity index (χ3v) is 6.59. The second-order valence-corrected chi connectivity index (χ2v) is 10.6. The van der Waals surface area contributed by atoms with Crippen LogP contribution in [0.5, 0.6) is 0 Å². The summed E-state index contributed by atoms with van der Waals surface area (Å²) in [5.74, 6) is 0. The van der Waals surface area contributed by atoms with Gasteiger partial charge in [-0.2, -0.15) is 13.2 Å². The van der Waals surface area contributed by atoms with Gasteiger partial charge in [0, 0.05) is 58.1 Å². The molecular formula is C23H39F3FeN4O5S+. The molecule has 2 aliphatic rings. The van der Waals surface area contributed by atoms with E-state index in [9.17, 15) is 23.4 Å². The molecule has 2 heterocycles. The molecule has 14 heteroatoms. The number of hydrogen-bond acceptors (Lipinski definition) is 9. The number of pyridine rings is 1. The van der Waals surface area contributed by atoms with Gasteiger partial charge in [0.25, 0.3) is 0 Å². The Labute approximate surface area is 229 Å². The molecule has 0 spiro atoms. The Morgan fingerprint density at radius 1 is 0.973 bits per heavy atom. The van der Waals surface area contributed by atoms with Gasteiger partial charge >= 0.3 is 22.6 Å². The number of alkyl halides is 3. The van der Waals surface area contributed by atoms with Gasteiger partial charge in [-0.05, 0) is 32.6 Å². The third-order valence-electron chi connectivity index (χ3n) is 6.02. The van der Waals surface area contributed by atoms with Gasteiger partial charge < -0.3 is 24.6 Å². The Bertz CT molecular complexity index is 798. The molecular weight excluding hydrogens is 557 g/mol. The largest absolute Gasteiger partial charge is 3.00 e. The number of hydrogen-bond donors (Lipinski definition) is 1. The standard InChI is InChI=1S/C14H24N4.C8H15O2.CHF3O3S.Fe/c1-16-7-8-17(2)10-12-18(11-9-16)13-14-5-3-4-6-15-14;9-7-5-3-1-2-4-6-8(7)10;2-1(3,4)8(5,6)7;/h3-6H,7-13H2,1-2H3;7-9H,1-6H2;(H,5,6,7);/q;-1;;+3/p-1. The van der Waals surface area contributed by atoms with Crippen molar-refractivity contribution in [2.75, 3.05) is 53.4 Å². The summed E-state index contributed by atoms with van der Waals surface area (Å²) in [4.78, 5) is 11.7. The summed E-state index contributed by atoms with van der Waals surface area (Å²) >= 11 is 0. The van der Waals surface area contributed by atoms with Crippen LogP contribution in [0.15, 0.2) is 24.4 Å². The predicted molar refractivity (Wildman–Crippen MR) is 128 cm³/mol. The third kappa shape index (κ3) is 16.7. The molecule has 37 heavy (non-hydrogen) atoms. The summed E-state index contributed by atoms with van der Waals surface area (Å²) in [6.45, 7) is 7.81. The predicted octanol–water partition coefficient (Wildman–Crippen LogP) is 1.24.